The third-order valence-electron chi connectivity index (χ3n) is 14.2. The molecule has 0 spiro atoms. The molecular formula is C67H44N2. The summed E-state index contributed by atoms with van der Waals surface area (Å²) in [4.78, 5) is 10.5. The third kappa shape index (κ3) is 6.64. The SMILES string of the molecule is c1ccc(-c2cccc(-c3cc(-c4ccc(-c5ccc(-c6cccc7c6-c6ccccc6C7(c6ccccc6)c6ccccc6)c6ccccc56)c5ccccc45)nc(-c4ccccc4)n3)c2)cc1. The van der Waals surface area contributed by atoms with Crippen LogP contribution in [0.15, 0.2) is 267 Å². The molecular weight excluding hydrogens is 833 g/mol. The fourth-order valence-electron chi connectivity index (χ4n) is 11.2. The Hall–Kier alpha value is -8.98. The molecule has 13 rings (SSSR count). The van der Waals surface area contributed by atoms with Crippen molar-refractivity contribution in [2.75, 3.05) is 0 Å². The van der Waals surface area contributed by atoms with Gasteiger partial charge in [0.25, 0.3) is 0 Å². The lowest BCUT2D eigenvalue weighted by Gasteiger charge is -2.34. The lowest BCUT2D eigenvalue weighted by atomic mass is 9.67. The Morgan fingerprint density at radius 3 is 1.29 bits per heavy atom. The summed E-state index contributed by atoms with van der Waals surface area (Å²) in [5, 5.41) is 4.74. The number of hydrogen-bond acceptors (Lipinski definition) is 2. The molecule has 0 amide bonds. The molecule has 0 saturated heterocycles. The van der Waals surface area contributed by atoms with Crippen molar-refractivity contribution >= 4 is 21.5 Å². The molecule has 11 aromatic carbocycles. The predicted molar refractivity (Wildman–Crippen MR) is 287 cm³/mol. The van der Waals surface area contributed by atoms with Crippen molar-refractivity contribution in [2.45, 2.75) is 5.41 Å². The molecule has 0 unspecified atom stereocenters. The van der Waals surface area contributed by atoms with Crippen LogP contribution < -0.4 is 0 Å². The first kappa shape index (κ1) is 40.3. The number of aromatic nitrogens is 2. The van der Waals surface area contributed by atoms with E-state index in [4.69, 9.17) is 9.97 Å². The molecule has 1 aliphatic carbocycles. The molecule has 0 fully saturated rings. The molecule has 0 N–H and O–H groups in total. The van der Waals surface area contributed by atoms with E-state index < -0.39 is 5.41 Å². The maximum atomic E-state index is 5.31. The molecule has 0 aliphatic heterocycles. The molecule has 1 heterocycles. The fraction of sp³-hybridized carbons (Fsp3) is 0.0149. The summed E-state index contributed by atoms with van der Waals surface area (Å²) in [5.41, 5.74) is 19.2. The number of hydrogen-bond donors (Lipinski definition) is 0. The van der Waals surface area contributed by atoms with Crippen LogP contribution in [-0.4, -0.2) is 9.97 Å². The van der Waals surface area contributed by atoms with Gasteiger partial charge in [0.05, 0.1) is 16.8 Å². The molecule has 0 bridgehead atoms. The van der Waals surface area contributed by atoms with E-state index in [1.165, 1.54) is 77.4 Å². The number of benzene rings is 11. The monoisotopic (exact) mass is 876 g/mol. The minimum atomic E-state index is -0.473. The zero-order valence-electron chi connectivity index (χ0n) is 37.8. The van der Waals surface area contributed by atoms with Crippen LogP contribution in [0.5, 0.6) is 0 Å². The van der Waals surface area contributed by atoms with Crippen LogP contribution in [0.1, 0.15) is 22.3 Å². The molecule has 0 radical (unpaired) electrons. The van der Waals surface area contributed by atoms with E-state index in [1.807, 2.05) is 18.2 Å². The third-order valence-corrected chi connectivity index (χ3v) is 14.2. The highest BCUT2D eigenvalue weighted by Gasteiger charge is 2.46. The van der Waals surface area contributed by atoms with Crippen molar-refractivity contribution in [3.63, 3.8) is 0 Å². The summed E-state index contributed by atoms with van der Waals surface area (Å²) in [5.74, 6) is 0.697. The predicted octanol–water partition coefficient (Wildman–Crippen LogP) is 17.1. The van der Waals surface area contributed by atoms with Gasteiger partial charge in [-0.25, -0.2) is 9.97 Å². The Labute approximate surface area is 402 Å². The lowest BCUT2D eigenvalue weighted by Crippen LogP contribution is -2.28. The summed E-state index contributed by atoms with van der Waals surface area (Å²) in [6.07, 6.45) is 0. The maximum absolute atomic E-state index is 5.31. The normalized spacial score (nSPS) is 12.5. The molecule has 0 saturated carbocycles. The number of nitrogens with zero attached hydrogens (tertiary/aromatic N) is 2. The summed E-state index contributed by atoms with van der Waals surface area (Å²) in [6.45, 7) is 0. The van der Waals surface area contributed by atoms with E-state index in [0.717, 1.165) is 39.0 Å². The van der Waals surface area contributed by atoms with Crippen LogP contribution in [0.4, 0.5) is 0 Å². The van der Waals surface area contributed by atoms with Gasteiger partial charge in [0.1, 0.15) is 0 Å². The molecule has 12 aromatic rings. The highest BCUT2D eigenvalue weighted by Crippen LogP contribution is 2.58. The molecule has 1 aliphatic rings. The molecule has 322 valence electrons. The van der Waals surface area contributed by atoms with Crippen LogP contribution in [0.25, 0.3) is 100.0 Å². The van der Waals surface area contributed by atoms with Crippen molar-refractivity contribution in [3.05, 3.63) is 289 Å². The first-order chi connectivity index (χ1) is 34.2. The van der Waals surface area contributed by atoms with Gasteiger partial charge in [-0.05, 0) is 100 Å². The number of fused-ring (bicyclic) bond motifs is 5. The quantitative estimate of drug-likeness (QED) is 0.152. The molecule has 69 heavy (non-hydrogen) atoms. The van der Waals surface area contributed by atoms with Crippen molar-refractivity contribution in [1.82, 2.24) is 9.97 Å². The first-order valence-electron chi connectivity index (χ1n) is 23.7. The Morgan fingerprint density at radius 2 is 0.667 bits per heavy atom. The second-order valence-corrected chi connectivity index (χ2v) is 17.9. The van der Waals surface area contributed by atoms with Gasteiger partial charge < -0.3 is 0 Å². The molecule has 1 aromatic heterocycles. The molecule has 2 nitrogen and oxygen atoms in total. The van der Waals surface area contributed by atoms with Gasteiger partial charge in [-0.2, -0.15) is 0 Å². The zero-order chi connectivity index (χ0) is 45.7. The van der Waals surface area contributed by atoms with Crippen LogP contribution in [0, 0.1) is 0 Å². The van der Waals surface area contributed by atoms with Crippen molar-refractivity contribution in [3.8, 4) is 78.4 Å². The maximum Gasteiger partial charge on any atom is 0.160 e. The van der Waals surface area contributed by atoms with Gasteiger partial charge in [-0.1, -0.05) is 255 Å². The second kappa shape index (κ2) is 16.7. The smallest absolute Gasteiger partial charge is 0.160 e. The minimum absolute atomic E-state index is 0.473. The summed E-state index contributed by atoms with van der Waals surface area (Å²) in [6, 6.07) is 96.7. The van der Waals surface area contributed by atoms with Gasteiger partial charge in [-0.15, -0.1) is 0 Å². The van der Waals surface area contributed by atoms with Gasteiger partial charge in [0, 0.05) is 16.7 Å². The highest BCUT2D eigenvalue weighted by molar-refractivity contribution is 6.13. The van der Waals surface area contributed by atoms with Gasteiger partial charge in [0.15, 0.2) is 5.82 Å². The van der Waals surface area contributed by atoms with Gasteiger partial charge >= 0.3 is 0 Å². The Balaban J connectivity index is 0.976. The van der Waals surface area contributed by atoms with E-state index in [2.05, 4.69) is 249 Å². The summed E-state index contributed by atoms with van der Waals surface area (Å²) >= 11 is 0. The standard InChI is InChI=1S/C67H44N2/c1-5-21-45(22-6-1)47-25-19-26-48(43-47)63-44-64(69-66(68-63)46-23-7-2-8-24-46)58-42-41-56(53-33-15-16-34-54(53)58)55-39-40-57(52-32-14-13-31-51(52)55)59-36-20-38-62-65(59)60-35-17-18-37-61(60)67(62,49-27-9-3-10-28-49)50-29-11-4-12-30-50/h1-44H. The average Bonchev–Trinajstić information content (AvgIpc) is 3.75. The van der Waals surface area contributed by atoms with E-state index in [1.54, 1.807) is 0 Å². The largest absolute Gasteiger partial charge is 0.228 e. The summed E-state index contributed by atoms with van der Waals surface area (Å²) in [7, 11) is 0. The van der Waals surface area contributed by atoms with Crippen molar-refractivity contribution in [2.24, 2.45) is 0 Å². The van der Waals surface area contributed by atoms with Crippen molar-refractivity contribution < 1.29 is 0 Å². The Morgan fingerprint density at radius 1 is 0.246 bits per heavy atom. The van der Waals surface area contributed by atoms with Crippen molar-refractivity contribution in [1.29, 1.82) is 0 Å². The fourth-order valence-corrected chi connectivity index (χ4v) is 11.2. The van der Waals surface area contributed by atoms with Crippen LogP contribution in [0.2, 0.25) is 0 Å². The topological polar surface area (TPSA) is 25.8 Å². The lowest BCUT2D eigenvalue weighted by molar-refractivity contribution is 0.768. The number of rotatable bonds is 8. The van der Waals surface area contributed by atoms with E-state index >= 15 is 0 Å². The highest BCUT2D eigenvalue weighted by atomic mass is 14.9. The minimum Gasteiger partial charge on any atom is -0.228 e. The van der Waals surface area contributed by atoms with Gasteiger partial charge in [0.2, 0.25) is 0 Å². The Bertz CT molecular complexity index is 3840. The Kier molecular flexibility index (Phi) is 9.77. The zero-order valence-corrected chi connectivity index (χ0v) is 37.8. The van der Waals surface area contributed by atoms with Gasteiger partial charge in [-0.3, -0.25) is 0 Å². The molecule has 0 atom stereocenters. The second-order valence-electron chi connectivity index (χ2n) is 17.9. The van der Waals surface area contributed by atoms with Crippen LogP contribution in [-0.2, 0) is 5.41 Å². The average molecular weight is 877 g/mol. The van der Waals surface area contributed by atoms with E-state index in [9.17, 15) is 0 Å². The van der Waals surface area contributed by atoms with E-state index in [0.29, 0.717) is 5.82 Å². The van der Waals surface area contributed by atoms with Crippen LogP contribution in [0.3, 0.4) is 0 Å². The first-order valence-corrected chi connectivity index (χ1v) is 23.7. The van der Waals surface area contributed by atoms with Crippen LogP contribution >= 0.6 is 0 Å². The molecule has 2 heteroatoms. The summed E-state index contributed by atoms with van der Waals surface area (Å²) < 4.78 is 0. The van der Waals surface area contributed by atoms with E-state index in [-0.39, 0.29) is 0 Å².